The van der Waals surface area contributed by atoms with Crippen molar-refractivity contribution in [2.75, 3.05) is 0 Å². The zero-order valence-corrected chi connectivity index (χ0v) is 10.4. The van der Waals surface area contributed by atoms with Crippen molar-refractivity contribution in [3.8, 4) is 0 Å². The van der Waals surface area contributed by atoms with Crippen molar-refractivity contribution in [3.05, 3.63) is 35.6 Å². The van der Waals surface area contributed by atoms with Gasteiger partial charge in [-0.25, -0.2) is 4.39 Å². The minimum Gasteiger partial charge on any atom is -0.460 e. The van der Waals surface area contributed by atoms with Crippen molar-refractivity contribution in [2.24, 2.45) is 5.73 Å². The van der Waals surface area contributed by atoms with E-state index in [-0.39, 0.29) is 18.2 Å². The SMILES string of the molecule is CC(C)(C)OC(=O)CC(N)c1cccc(F)c1. The molecule has 0 bridgehead atoms. The van der Waals surface area contributed by atoms with Crippen molar-refractivity contribution in [1.82, 2.24) is 0 Å². The smallest absolute Gasteiger partial charge is 0.308 e. The highest BCUT2D eigenvalue weighted by molar-refractivity contribution is 5.70. The quantitative estimate of drug-likeness (QED) is 0.825. The summed E-state index contributed by atoms with van der Waals surface area (Å²) in [6.45, 7) is 5.37. The first kappa shape index (κ1) is 13.6. The number of esters is 1. The molecule has 0 amide bonds. The summed E-state index contributed by atoms with van der Waals surface area (Å²) in [6, 6.07) is 5.39. The van der Waals surface area contributed by atoms with Gasteiger partial charge < -0.3 is 10.5 Å². The van der Waals surface area contributed by atoms with Crippen LogP contribution in [0.3, 0.4) is 0 Å². The number of hydrogen-bond acceptors (Lipinski definition) is 3. The third-order valence-electron chi connectivity index (χ3n) is 2.08. The molecule has 2 N–H and O–H groups in total. The van der Waals surface area contributed by atoms with Crippen LogP contribution in [0.1, 0.15) is 38.8 Å². The van der Waals surface area contributed by atoms with Gasteiger partial charge in [-0.2, -0.15) is 0 Å². The Morgan fingerprint density at radius 2 is 2.12 bits per heavy atom. The van der Waals surface area contributed by atoms with Crippen molar-refractivity contribution in [2.45, 2.75) is 38.8 Å². The van der Waals surface area contributed by atoms with E-state index in [9.17, 15) is 9.18 Å². The zero-order chi connectivity index (χ0) is 13.1. The normalized spacial score (nSPS) is 13.2. The molecule has 4 heteroatoms. The third-order valence-corrected chi connectivity index (χ3v) is 2.08. The Morgan fingerprint density at radius 1 is 1.47 bits per heavy atom. The molecule has 17 heavy (non-hydrogen) atoms. The summed E-state index contributed by atoms with van der Waals surface area (Å²) in [4.78, 5) is 11.5. The molecule has 94 valence electrons. The van der Waals surface area contributed by atoms with E-state index in [2.05, 4.69) is 0 Å². The first-order valence-corrected chi connectivity index (χ1v) is 5.51. The van der Waals surface area contributed by atoms with E-state index in [1.807, 2.05) is 0 Å². The molecule has 1 unspecified atom stereocenters. The predicted octanol–water partition coefficient (Wildman–Crippen LogP) is 2.56. The minimum atomic E-state index is -0.541. The first-order valence-electron chi connectivity index (χ1n) is 5.51. The number of carbonyl (C=O) groups excluding carboxylic acids is 1. The first-order chi connectivity index (χ1) is 7.78. The topological polar surface area (TPSA) is 52.3 Å². The van der Waals surface area contributed by atoms with Crippen LogP contribution in [0.25, 0.3) is 0 Å². The summed E-state index contributed by atoms with van der Waals surface area (Å²) in [5, 5.41) is 0. The van der Waals surface area contributed by atoms with Crippen LogP contribution in [0, 0.1) is 5.82 Å². The van der Waals surface area contributed by atoms with E-state index >= 15 is 0 Å². The average Bonchev–Trinajstić information content (AvgIpc) is 2.14. The zero-order valence-electron chi connectivity index (χ0n) is 10.4. The van der Waals surface area contributed by atoms with Gasteiger partial charge in [0.2, 0.25) is 0 Å². The van der Waals surface area contributed by atoms with Gasteiger partial charge in [0.05, 0.1) is 6.42 Å². The molecule has 0 saturated carbocycles. The standard InChI is InChI=1S/C13H18FNO2/c1-13(2,3)17-12(16)8-11(15)9-5-4-6-10(14)7-9/h4-7,11H,8,15H2,1-3H3. The minimum absolute atomic E-state index is 0.0424. The maximum absolute atomic E-state index is 13.0. The van der Waals surface area contributed by atoms with Crippen molar-refractivity contribution in [1.29, 1.82) is 0 Å². The van der Waals surface area contributed by atoms with Crippen LogP contribution in [0.15, 0.2) is 24.3 Å². The molecule has 0 aliphatic heterocycles. The Morgan fingerprint density at radius 3 is 2.65 bits per heavy atom. The van der Waals surface area contributed by atoms with Gasteiger partial charge in [-0.3, -0.25) is 4.79 Å². The highest BCUT2D eigenvalue weighted by Crippen LogP contribution is 2.17. The molecule has 1 aromatic rings. The Balaban J connectivity index is 2.61. The molecule has 1 rings (SSSR count). The molecule has 0 saturated heterocycles. The molecule has 1 atom stereocenters. The number of hydrogen-bond donors (Lipinski definition) is 1. The number of nitrogens with two attached hydrogens (primary N) is 1. The summed E-state index contributed by atoms with van der Waals surface area (Å²) >= 11 is 0. The second kappa shape index (κ2) is 5.27. The van der Waals surface area contributed by atoms with E-state index < -0.39 is 11.6 Å². The largest absolute Gasteiger partial charge is 0.460 e. The monoisotopic (exact) mass is 239 g/mol. The van der Waals surface area contributed by atoms with Crippen LogP contribution in [-0.4, -0.2) is 11.6 Å². The summed E-state index contributed by atoms with van der Waals surface area (Å²) in [5.74, 6) is -0.739. The Bertz CT molecular complexity index is 399. The lowest BCUT2D eigenvalue weighted by molar-refractivity contribution is -0.155. The summed E-state index contributed by atoms with van der Waals surface area (Å²) < 4.78 is 18.1. The van der Waals surface area contributed by atoms with Gasteiger partial charge in [-0.05, 0) is 38.5 Å². The van der Waals surface area contributed by atoms with Gasteiger partial charge in [0.15, 0.2) is 0 Å². The van der Waals surface area contributed by atoms with E-state index in [0.717, 1.165) is 0 Å². The predicted molar refractivity (Wildman–Crippen MR) is 63.8 cm³/mol. The van der Waals surface area contributed by atoms with E-state index in [1.54, 1.807) is 32.9 Å². The van der Waals surface area contributed by atoms with Crippen molar-refractivity contribution in [3.63, 3.8) is 0 Å². The maximum atomic E-state index is 13.0. The molecule has 0 fully saturated rings. The van der Waals surface area contributed by atoms with E-state index in [4.69, 9.17) is 10.5 Å². The van der Waals surface area contributed by atoms with Crippen LogP contribution < -0.4 is 5.73 Å². The Hall–Kier alpha value is -1.42. The lowest BCUT2D eigenvalue weighted by Crippen LogP contribution is -2.26. The molecule has 0 aliphatic carbocycles. The molecular weight excluding hydrogens is 221 g/mol. The molecule has 0 spiro atoms. The summed E-state index contributed by atoms with van der Waals surface area (Å²) in [7, 11) is 0. The molecule has 3 nitrogen and oxygen atoms in total. The van der Waals surface area contributed by atoms with Crippen LogP contribution in [0.4, 0.5) is 4.39 Å². The lowest BCUT2D eigenvalue weighted by atomic mass is 10.0. The van der Waals surface area contributed by atoms with Crippen molar-refractivity contribution < 1.29 is 13.9 Å². The lowest BCUT2D eigenvalue weighted by Gasteiger charge is -2.21. The van der Waals surface area contributed by atoms with Gasteiger partial charge >= 0.3 is 5.97 Å². The van der Waals surface area contributed by atoms with Crippen LogP contribution >= 0.6 is 0 Å². The summed E-state index contributed by atoms with van der Waals surface area (Å²) in [5.41, 5.74) is 5.88. The van der Waals surface area contributed by atoms with Crippen LogP contribution in [-0.2, 0) is 9.53 Å². The van der Waals surface area contributed by atoms with E-state index in [0.29, 0.717) is 5.56 Å². The fourth-order valence-corrected chi connectivity index (χ4v) is 1.42. The average molecular weight is 239 g/mol. The fourth-order valence-electron chi connectivity index (χ4n) is 1.42. The highest BCUT2D eigenvalue weighted by atomic mass is 19.1. The number of rotatable bonds is 3. The summed E-state index contributed by atoms with van der Waals surface area (Å²) in [6.07, 6.45) is 0.0424. The van der Waals surface area contributed by atoms with Gasteiger partial charge in [0.25, 0.3) is 0 Å². The molecule has 0 aliphatic rings. The molecule has 0 radical (unpaired) electrons. The second-order valence-corrected chi connectivity index (χ2v) is 4.95. The molecule has 0 heterocycles. The fraction of sp³-hybridized carbons (Fsp3) is 0.462. The van der Waals surface area contributed by atoms with Gasteiger partial charge in [-0.1, -0.05) is 12.1 Å². The Labute approximate surface area is 101 Å². The maximum Gasteiger partial charge on any atom is 0.308 e. The van der Waals surface area contributed by atoms with Crippen LogP contribution in [0.5, 0.6) is 0 Å². The number of benzene rings is 1. The molecule has 0 aromatic heterocycles. The third kappa shape index (κ3) is 4.95. The molecule has 1 aromatic carbocycles. The van der Waals surface area contributed by atoms with Gasteiger partial charge in [0, 0.05) is 6.04 Å². The molecular formula is C13H18FNO2. The van der Waals surface area contributed by atoms with Crippen molar-refractivity contribution >= 4 is 5.97 Å². The Kier molecular flexibility index (Phi) is 4.23. The highest BCUT2D eigenvalue weighted by Gasteiger charge is 2.19. The second-order valence-electron chi connectivity index (χ2n) is 4.95. The van der Waals surface area contributed by atoms with Gasteiger partial charge in [0.1, 0.15) is 11.4 Å². The number of halogens is 1. The van der Waals surface area contributed by atoms with E-state index in [1.165, 1.54) is 12.1 Å². The number of carbonyl (C=O) groups is 1. The number of ether oxygens (including phenoxy) is 1. The van der Waals surface area contributed by atoms with Gasteiger partial charge in [-0.15, -0.1) is 0 Å². The van der Waals surface area contributed by atoms with Crippen LogP contribution in [0.2, 0.25) is 0 Å².